The molecule has 0 bridgehead atoms. The van der Waals surface area contributed by atoms with Crippen molar-refractivity contribution in [3.8, 4) is 5.75 Å². The van der Waals surface area contributed by atoms with Crippen molar-refractivity contribution in [3.05, 3.63) is 29.3 Å². The molecule has 1 aromatic carbocycles. The largest absolute Gasteiger partial charge is 0.496 e. The molecule has 0 saturated carbocycles. The van der Waals surface area contributed by atoms with E-state index in [9.17, 15) is 4.79 Å². The normalized spacial score (nSPS) is 14.8. The topological polar surface area (TPSA) is 84.4 Å². The third kappa shape index (κ3) is 7.80. The fraction of sp³-hybridized carbons (Fsp3) is 0.579. The van der Waals surface area contributed by atoms with Crippen molar-refractivity contribution in [2.24, 2.45) is 4.99 Å². The summed E-state index contributed by atoms with van der Waals surface area (Å²) in [5, 5.41) is 6.59. The van der Waals surface area contributed by atoms with Crippen LogP contribution in [0.4, 0.5) is 0 Å². The predicted octanol–water partition coefficient (Wildman–Crippen LogP) is 1.49. The average molecular weight is 506 g/mol. The number of carbonyl (C=O) groups excluding carboxylic acids is 1. The molecule has 1 aliphatic rings. The number of benzene rings is 1. The van der Waals surface area contributed by atoms with Crippen LogP contribution in [0, 0.1) is 0 Å². The number of hydrogen-bond acceptors (Lipinski definition) is 6. The number of morpholine rings is 1. The van der Waals surface area contributed by atoms with Gasteiger partial charge in [-0.05, 0) is 24.6 Å². The van der Waals surface area contributed by atoms with Crippen LogP contribution in [0.5, 0.6) is 5.75 Å². The molecule has 0 amide bonds. The molecule has 1 heterocycles. The van der Waals surface area contributed by atoms with E-state index in [0.29, 0.717) is 17.9 Å². The van der Waals surface area contributed by atoms with Crippen molar-refractivity contribution in [2.75, 3.05) is 60.2 Å². The molecule has 8 nitrogen and oxygen atoms in total. The van der Waals surface area contributed by atoms with Crippen LogP contribution >= 0.6 is 24.0 Å². The fourth-order valence-corrected chi connectivity index (χ4v) is 2.79. The molecule has 2 rings (SSSR count). The molecular formula is C19H31IN4O4. The standard InChI is InChI=1S/C19H30N4O4.HI/c1-4-20-19(21-7-8-23-9-11-27-12-10-23)22-14-15-5-6-17(25-2)16(13-15)18(24)26-3;/h5-6,13H,4,7-12,14H2,1-3H3,(H2,20,21,22);1H. The summed E-state index contributed by atoms with van der Waals surface area (Å²) in [4.78, 5) is 18.9. The van der Waals surface area contributed by atoms with E-state index in [1.165, 1.54) is 14.2 Å². The predicted molar refractivity (Wildman–Crippen MR) is 120 cm³/mol. The lowest BCUT2D eigenvalue weighted by atomic mass is 10.1. The molecule has 0 aliphatic carbocycles. The van der Waals surface area contributed by atoms with Crippen molar-refractivity contribution in [3.63, 3.8) is 0 Å². The van der Waals surface area contributed by atoms with Crippen molar-refractivity contribution >= 4 is 35.9 Å². The van der Waals surface area contributed by atoms with E-state index in [1.54, 1.807) is 12.1 Å². The molecule has 1 saturated heterocycles. The second kappa shape index (κ2) is 13.6. The minimum absolute atomic E-state index is 0. The highest BCUT2D eigenvalue weighted by molar-refractivity contribution is 14.0. The molecule has 0 unspecified atom stereocenters. The molecule has 0 spiro atoms. The molecule has 28 heavy (non-hydrogen) atoms. The number of guanidine groups is 1. The minimum atomic E-state index is -0.423. The van der Waals surface area contributed by atoms with Crippen LogP contribution in [0.1, 0.15) is 22.8 Å². The van der Waals surface area contributed by atoms with Gasteiger partial charge in [-0.3, -0.25) is 4.90 Å². The van der Waals surface area contributed by atoms with Gasteiger partial charge in [0.05, 0.1) is 34.0 Å². The first-order valence-corrected chi connectivity index (χ1v) is 9.25. The molecule has 1 fully saturated rings. The first-order valence-electron chi connectivity index (χ1n) is 9.25. The van der Waals surface area contributed by atoms with Crippen LogP contribution in [0.2, 0.25) is 0 Å². The SMILES string of the molecule is CCNC(=NCc1ccc(OC)c(C(=O)OC)c1)NCCN1CCOCC1.I. The third-order valence-corrected chi connectivity index (χ3v) is 4.26. The van der Waals surface area contributed by atoms with Gasteiger partial charge >= 0.3 is 5.97 Å². The zero-order chi connectivity index (χ0) is 19.5. The van der Waals surface area contributed by atoms with Gasteiger partial charge in [-0.15, -0.1) is 24.0 Å². The highest BCUT2D eigenvalue weighted by Crippen LogP contribution is 2.21. The van der Waals surface area contributed by atoms with E-state index in [0.717, 1.165) is 57.5 Å². The Morgan fingerprint density at radius 2 is 2.00 bits per heavy atom. The van der Waals surface area contributed by atoms with Crippen LogP contribution in [-0.4, -0.2) is 77.0 Å². The van der Waals surface area contributed by atoms with Crippen LogP contribution < -0.4 is 15.4 Å². The fourth-order valence-electron chi connectivity index (χ4n) is 2.79. The van der Waals surface area contributed by atoms with E-state index in [2.05, 4.69) is 20.5 Å². The number of hydrogen-bond donors (Lipinski definition) is 2. The monoisotopic (exact) mass is 506 g/mol. The van der Waals surface area contributed by atoms with Gasteiger partial charge in [0.15, 0.2) is 5.96 Å². The zero-order valence-electron chi connectivity index (χ0n) is 16.8. The second-order valence-electron chi connectivity index (χ2n) is 6.10. The number of esters is 1. The van der Waals surface area contributed by atoms with Gasteiger partial charge in [0.25, 0.3) is 0 Å². The van der Waals surface area contributed by atoms with Gasteiger partial charge in [-0.2, -0.15) is 0 Å². The minimum Gasteiger partial charge on any atom is -0.496 e. The van der Waals surface area contributed by atoms with Gasteiger partial charge in [0.2, 0.25) is 0 Å². The molecule has 9 heteroatoms. The van der Waals surface area contributed by atoms with Crippen LogP contribution in [0.25, 0.3) is 0 Å². The number of aliphatic imine (C=N–C) groups is 1. The quantitative estimate of drug-likeness (QED) is 0.239. The third-order valence-electron chi connectivity index (χ3n) is 4.26. The van der Waals surface area contributed by atoms with Gasteiger partial charge in [-0.1, -0.05) is 6.07 Å². The molecule has 0 aromatic heterocycles. The summed E-state index contributed by atoms with van der Waals surface area (Å²) in [7, 11) is 2.88. The summed E-state index contributed by atoms with van der Waals surface area (Å²) in [6, 6.07) is 5.41. The lowest BCUT2D eigenvalue weighted by Crippen LogP contribution is -2.44. The second-order valence-corrected chi connectivity index (χ2v) is 6.10. The lowest BCUT2D eigenvalue weighted by Gasteiger charge is -2.26. The molecule has 0 radical (unpaired) electrons. The van der Waals surface area contributed by atoms with E-state index in [-0.39, 0.29) is 24.0 Å². The molecule has 158 valence electrons. The van der Waals surface area contributed by atoms with Crippen LogP contribution in [0.15, 0.2) is 23.2 Å². The first-order chi connectivity index (χ1) is 13.2. The Hall–Kier alpha value is -1.59. The highest BCUT2D eigenvalue weighted by Gasteiger charge is 2.13. The first kappa shape index (κ1) is 24.4. The smallest absolute Gasteiger partial charge is 0.341 e. The molecule has 1 aromatic rings. The van der Waals surface area contributed by atoms with Crippen molar-refractivity contribution in [1.29, 1.82) is 0 Å². The Morgan fingerprint density at radius 3 is 2.64 bits per heavy atom. The Morgan fingerprint density at radius 1 is 1.25 bits per heavy atom. The molecular weight excluding hydrogens is 475 g/mol. The molecule has 2 N–H and O–H groups in total. The summed E-state index contributed by atoms with van der Waals surface area (Å²) in [5.74, 6) is 0.819. The number of carbonyl (C=O) groups is 1. The summed E-state index contributed by atoms with van der Waals surface area (Å²) >= 11 is 0. The van der Waals surface area contributed by atoms with Gasteiger partial charge in [0, 0.05) is 32.7 Å². The van der Waals surface area contributed by atoms with Gasteiger partial charge < -0.3 is 24.8 Å². The van der Waals surface area contributed by atoms with Gasteiger partial charge in [0.1, 0.15) is 11.3 Å². The zero-order valence-corrected chi connectivity index (χ0v) is 19.2. The molecule has 0 atom stereocenters. The maximum Gasteiger partial charge on any atom is 0.341 e. The number of ether oxygens (including phenoxy) is 3. The Kier molecular flexibility index (Phi) is 11.8. The van der Waals surface area contributed by atoms with E-state index >= 15 is 0 Å². The summed E-state index contributed by atoms with van der Waals surface area (Å²) in [5.41, 5.74) is 1.31. The van der Waals surface area contributed by atoms with E-state index in [4.69, 9.17) is 14.2 Å². The maximum atomic E-state index is 11.9. The van der Waals surface area contributed by atoms with E-state index in [1.807, 2.05) is 13.0 Å². The van der Waals surface area contributed by atoms with Crippen LogP contribution in [-0.2, 0) is 16.0 Å². The number of halogens is 1. The number of methoxy groups -OCH3 is 2. The van der Waals surface area contributed by atoms with Crippen molar-refractivity contribution in [2.45, 2.75) is 13.5 Å². The van der Waals surface area contributed by atoms with Crippen molar-refractivity contribution in [1.82, 2.24) is 15.5 Å². The lowest BCUT2D eigenvalue weighted by molar-refractivity contribution is 0.0389. The summed E-state index contributed by atoms with van der Waals surface area (Å²) in [6.45, 7) is 8.55. The Labute approximate surface area is 184 Å². The summed E-state index contributed by atoms with van der Waals surface area (Å²) < 4.78 is 15.4. The van der Waals surface area contributed by atoms with Crippen molar-refractivity contribution < 1.29 is 19.0 Å². The van der Waals surface area contributed by atoms with Gasteiger partial charge in [-0.25, -0.2) is 9.79 Å². The average Bonchev–Trinajstić information content (AvgIpc) is 2.72. The molecule has 1 aliphatic heterocycles. The highest BCUT2D eigenvalue weighted by atomic mass is 127. The van der Waals surface area contributed by atoms with E-state index < -0.39 is 5.97 Å². The Bertz CT molecular complexity index is 636. The number of nitrogens with one attached hydrogen (secondary N) is 2. The van der Waals surface area contributed by atoms with Crippen LogP contribution in [0.3, 0.4) is 0 Å². The summed E-state index contributed by atoms with van der Waals surface area (Å²) in [6.07, 6.45) is 0. The Balaban J connectivity index is 0.00000392. The number of rotatable bonds is 8. The maximum absolute atomic E-state index is 11.9. The number of nitrogens with zero attached hydrogens (tertiary/aromatic N) is 2.